The van der Waals surface area contributed by atoms with Crippen molar-refractivity contribution in [3.05, 3.63) is 42.5 Å². The van der Waals surface area contributed by atoms with E-state index in [9.17, 15) is 4.79 Å². The van der Waals surface area contributed by atoms with Crippen molar-refractivity contribution >= 4 is 24.0 Å². The van der Waals surface area contributed by atoms with Crippen LogP contribution in [-0.2, 0) is 0 Å². The van der Waals surface area contributed by atoms with Crippen molar-refractivity contribution in [1.82, 2.24) is 19.7 Å². The Labute approximate surface area is 129 Å². The summed E-state index contributed by atoms with van der Waals surface area (Å²) in [5.74, 6) is 0.0297. The first-order chi connectivity index (χ1) is 9.74. The molecular formula is C14H18ClN5O. The third-order valence-corrected chi connectivity index (χ3v) is 3.63. The second kappa shape index (κ2) is 6.58. The number of anilines is 1. The van der Waals surface area contributed by atoms with E-state index in [0.717, 1.165) is 19.4 Å². The fourth-order valence-electron chi connectivity index (χ4n) is 2.62. The van der Waals surface area contributed by atoms with Gasteiger partial charge in [0.2, 0.25) is 0 Å². The number of rotatable bonds is 2. The van der Waals surface area contributed by atoms with Crippen LogP contribution in [0.15, 0.2) is 36.9 Å². The van der Waals surface area contributed by atoms with Crippen LogP contribution in [0.3, 0.4) is 0 Å². The van der Waals surface area contributed by atoms with E-state index < -0.39 is 0 Å². The minimum absolute atomic E-state index is 0. The van der Waals surface area contributed by atoms with E-state index in [1.165, 1.54) is 6.33 Å². The summed E-state index contributed by atoms with van der Waals surface area (Å²) in [5, 5.41) is 4.17. The van der Waals surface area contributed by atoms with E-state index in [0.29, 0.717) is 17.8 Å². The Morgan fingerprint density at radius 1 is 1.38 bits per heavy atom. The van der Waals surface area contributed by atoms with Gasteiger partial charge in [-0.2, -0.15) is 5.10 Å². The molecule has 0 spiro atoms. The molecule has 2 heterocycles. The topological polar surface area (TPSA) is 77.0 Å². The molecule has 1 atom stereocenters. The van der Waals surface area contributed by atoms with Gasteiger partial charge in [0.1, 0.15) is 12.7 Å². The highest BCUT2D eigenvalue weighted by Gasteiger charge is 2.25. The lowest BCUT2D eigenvalue weighted by atomic mass is 10.0. The fraction of sp³-hybridized carbons (Fsp3) is 0.357. The Balaban J connectivity index is 0.00000161. The Hall–Kier alpha value is -2.08. The van der Waals surface area contributed by atoms with Crippen molar-refractivity contribution in [2.45, 2.75) is 18.9 Å². The summed E-state index contributed by atoms with van der Waals surface area (Å²) in [5.41, 5.74) is 6.99. The SMILES string of the molecule is Cl.Nc1cccc(C(=O)N2CCCC(n3cncn3)C2)c1. The van der Waals surface area contributed by atoms with E-state index in [4.69, 9.17) is 5.73 Å². The highest BCUT2D eigenvalue weighted by Crippen LogP contribution is 2.22. The summed E-state index contributed by atoms with van der Waals surface area (Å²) in [6.07, 6.45) is 5.22. The molecule has 21 heavy (non-hydrogen) atoms. The number of aromatic nitrogens is 3. The zero-order chi connectivity index (χ0) is 13.9. The Kier molecular flexibility index (Phi) is 4.80. The number of carbonyl (C=O) groups is 1. The van der Waals surface area contributed by atoms with Crippen LogP contribution >= 0.6 is 12.4 Å². The number of amides is 1. The average molecular weight is 308 g/mol. The molecule has 2 aromatic rings. The van der Waals surface area contributed by atoms with Crippen LogP contribution in [0.2, 0.25) is 0 Å². The summed E-state index contributed by atoms with van der Waals surface area (Å²) in [7, 11) is 0. The van der Waals surface area contributed by atoms with Crippen LogP contribution in [-0.4, -0.2) is 38.7 Å². The minimum atomic E-state index is 0. The molecular weight excluding hydrogens is 290 g/mol. The number of halogens is 1. The first kappa shape index (κ1) is 15.3. The van der Waals surface area contributed by atoms with Gasteiger partial charge in [-0.05, 0) is 31.0 Å². The first-order valence-electron chi connectivity index (χ1n) is 6.73. The van der Waals surface area contributed by atoms with E-state index in [2.05, 4.69) is 10.1 Å². The molecule has 0 bridgehead atoms. The van der Waals surface area contributed by atoms with Gasteiger partial charge in [-0.25, -0.2) is 9.67 Å². The van der Waals surface area contributed by atoms with Crippen LogP contribution < -0.4 is 5.73 Å². The number of hydrogen-bond acceptors (Lipinski definition) is 4. The zero-order valence-electron chi connectivity index (χ0n) is 11.6. The predicted molar refractivity (Wildman–Crippen MR) is 82.3 cm³/mol. The van der Waals surface area contributed by atoms with Gasteiger partial charge in [-0.3, -0.25) is 4.79 Å². The maximum Gasteiger partial charge on any atom is 0.254 e. The van der Waals surface area contributed by atoms with E-state index in [1.54, 1.807) is 30.6 Å². The summed E-state index contributed by atoms with van der Waals surface area (Å²) < 4.78 is 1.83. The fourth-order valence-corrected chi connectivity index (χ4v) is 2.62. The van der Waals surface area contributed by atoms with Crippen LogP contribution in [0, 0.1) is 0 Å². The molecule has 112 valence electrons. The Morgan fingerprint density at radius 2 is 2.24 bits per heavy atom. The third-order valence-electron chi connectivity index (χ3n) is 3.63. The number of benzene rings is 1. The van der Waals surface area contributed by atoms with E-state index in [-0.39, 0.29) is 24.4 Å². The summed E-state index contributed by atoms with van der Waals surface area (Å²) in [6, 6.07) is 7.32. The molecule has 1 aliphatic heterocycles. The quantitative estimate of drug-likeness (QED) is 0.858. The predicted octanol–water partition coefficient (Wildman–Crippen LogP) is 1.76. The molecule has 1 aromatic heterocycles. The molecule has 1 aromatic carbocycles. The van der Waals surface area contributed by atoms with Gasteiger partial charge >= 0.3 is 0 Å². The second-order valence-corrected chi connectivity index (χ2v) is 5.05. The van der Waals surface area contributed by atoms with Gasteiger partial charge in [-0.15, -0.1) is 12.4 Å². The maximum atomic E-state index is 12.5. The van der Waals surface area contributed by atoms with Gasteiger partial charge in [0, 0.05) is 24.3 Å². The lowest BCUT2D eigenvalue weighted by Gasteiger charge is -2.32. The number of nitrogens with zero attached hydrogens (tertiary/aromatic N) is 4. The van der Waals surface area contributed by atoms with Gasteiger partial charge in [0.15, 0.2) is 0 Å². The van der Waals surface area contributed by atoms with E-state index in [1.807, 2.05) is 9.58 Å². The number of likely N-dealkylation sites (tertiary alicyclic amines) is 1. The maximum absolute atomic E-state index is 12.5. The van der Waals surface area contributed by atoms with Crippen molar-refractivity contribution in [1.29, 1.82) is 0 Å². The monoisotopic (exact) mass is 307 g/mol. The molecule has 0 saturated carbocycles. The lowest BCUT2D eigenvalue weighted by molar-refractivity contribution is 0.0673. The summed E-state index contributed by atoms with van der Waals surface area (Å²) in [4.78, 5) is 18.3. The molecule has 1 unspecified atom stereocenters. The first-order valence-corrected chi connectivity index (χ1v) is 6.73. The second-order valence-electron chi connectivity index (χ2n) is 5.05. The van der Waals surface area contributed by atoms with Crippen molar-refractivity contribution in [2.75, 3.05) is 18.8 Å². The average Bonchev–Trinajstić information content (AvgIpc) is 3.01. The van der Waals surface area contributed by atoms with Crippen molar-refractivity contribution < 1.29 is 4.79 Å². The summed E-state index contributed by atoms with van der Waals surface area (Å²) in [6.45, 7) is 1.44. The number of nitrogens with two attached hydrogens (primary N) is 1. The Morgan fingerprint density at radius 3 is 2.95 bits per heavy atom. The normalized spacial score (nSPS) is 18.1. The van der Waals surface area contributed by atoms with E-state index >= 15 is 0 Å². The molecule has 2 N–H and O–H groups in total. The zero-order valence-corrected chi connectivity index (χ0v) is 12.4. The number of carbonyl (C=O) groups excluding carboxylic acids is 1. The lowest BCUT2D eigenvalue weighted by Crippen LogP contribution is -2.40. The van der Waals surface area contributed by atoms with Gasteiger partial charge in [0.05, 0.1) is 6.04 Å². The van der Waals surface area contributed by atoms with Gasteiger partial charge in [-0.1, -0.05) is 6.07 Å². The van der Waals surface area contributed by atoms with Crippen molar-refractivity contribution in [3.63, 3.8) is 0 Å². The van der Waals surface area contributed by atoms with Crippen molar-refractivity contribution in [3.8, 4) is 0 Å². The molecule has 7 heteroatoms. The number of nitrogen functional groups attached to an aromatic ring is 1. The molecule has 1 saturated heterocycles. The molecule has 3 rings (SSSR count). The minimum Gasteiger partial charge on any atom is -0.399 e. The highest BCUT2D eigenvalue weighted by molar-refractivity contribution is 5.95. The standard InChI is InChI=1S/C14H17N5O.ClH/c15-12-4-1-3-11(7-12)14(20)18-6-2-5-13(8-18)19-10-16-9-17-19;/h1,3-4,7,9-10,13H,2,5-6,8,15H2;1H. The number of hydrogen-bond donors (Lipinski definition) is 1. The van der Waals surface area contributed by atoms with Gasteiger partial charge in [0.25, 0.3) is 5.91 Å². The highest BCUT2D eigenvalue weighted by atomic mass is 35.5. The van der Waals surface area contributed by atoms with Gasteiger partial charge < -0.3 is 10.6 Å². The molecule has 0 radical (unpaired) electrons. The van der Waals surface area contributed by atoms with Crippen molar-refractivity contribution in [2.24, 2.45) is 0 Å². The molecule has 0 aliphatic carbocycles. The molecule has 1 amide bonds. The van der Waals surface area contributed by atoms with Crippen LogP contribution in [0.25, 0.3) is 0 Å². The molecule has 1 fully saturated rings. The van der Waals surface area contributed by atoms with Crippen LogP contribution in [0.4, 0.5) is 5.69 Å². The molecule has 1 aliphatic rings. The summed E-state index contributed by atoms with van der Waals surface area (Å²) >= 11 is 0. The smallest absolute Gasteiger partial charge is 0.254 e. The van der Waals surface area contributed by atoms with Crippen LogP contribution in [0.1, 0.15) is 29.2 Å². The molecule has 6 nitrogen and oxygen atoms in total. The Bertz CT molecular complexity index is 601. The largest absolute Gasteiger partial charge is 0.399 e. The number of piperidine rings is 1. The van der Waals surface area contributed by atoms with Crippen LogP contribution in [0.5, 0.6) is 0 Å². The third kappa shape index (κ3) is 3.33.